The topological polar surface area (TPSA) is 58.7 Å². The molecule has 102 valence electrons. The van der Waals surface area contributed by atoms with Gasteiger partial charge < -0.3 is 20.5 Å². The van der Waals surface area contributed by atoms with Gasteiger partial charge in [0.2, 0.25) is 0 Å². The molecule has 0 bridgehead atoms. The quantitative estimate of drug-likeness (QED) is 0.801. The van der Waals surface area contributed by atoms with E-state index in [2.05, 4.69) is 6.07 Å². The number of hydrogen-bond donors (Lipinski definition) is 2. The lowest BCUT2D eigenvalue weighted by atomic mass is 9.97. The van der Waals surface area contributed by atoms with Gasteiger partial charge in [0.1, 0.15) is 5.75 Å². The summed E-state index contributed by atoms with van der Waals surface area (Å²) in [6, 6.07) is 5.76. The van der Waals surface area contributed by atoms with Crippen LogP contribution in [0.3, 0.4) is 0 Å². The fourth-order valence-electron chi connectivity index (χ4n) is 2.20. The molecule has 4 nitrogen and oxygen atoms in total. The van der Waals surface area contributed by atoms with E-state index in [1.165, 1.54) is 0 Å². The lowest BCUT2D eigenvalue weighted by Gasteiger charge is -2.29. The first-order valence-electron chi connectivity index (χ1n) is 6.27. The van der Waals surface area contributed by atoms with Gasteiger partial charge in [-0.15, -0.1) is 0 Å². The van der Waals surface area contributed by atoms with Gasteiger partial charge in [0, 0.05) is 6.04 Å². The van der Waals surface area contributed by atoms with Crippen LogP contribution in [0.1, 0.15) is 24.1 Å². The van der Waals surface area contributed by atoms with E-state index < -0.39 is 0 Å². The van der Waals surface area contributed by atoms with E-state index in [9.17, 15) is 5.11 Å². The van der Waals surface area contributed by atoms with E-state index in [1.54, 1.807) is 0 Å². The molecule has 2 unspecified atom stereocenters. The molecule has 1 rings (SSSR count). The van der Waals surface area contributed by atoms with Crippen LogP contribution in [-0.2, 0) is 0 Å². The van der Waals surface area contributed by atoms with E-state index in [0.29, 0.717) is 6.61 Å². The predicted molar refractivity (Wildman–Crippen MR) is 73.8 cm³/mol. The first kappa shape index (κ1) is 15.0. The number of nitrogens with two attached hydrogens (primary N) is 1. The van der Waals surface area contributed by atoms with E-state index in [-0.39, 0.29) is 18.7 Å². The first-order valence-corrected chi connectivity index (χ1v) is 6.27. The maximum absolute atomic E-state index is 9.25. The molecule has 1 aromatic carbocycles. The Kier molecular flexibility index (Phi) is 5.59. The number of aliphatic hydroxyl groups excluding tert-OH is 1. The van der Waals surface area contributed by atoms with Crippen LogP contribution >= 0.6 is 0 Å². The molecule has 0 aliphatic carbocycles. The molecular formula is C14H24N2O2. The summed E-state index contributed by atoms with van der Waals surface area (Å²) in [5.74, 6) is 0.899. The summed E-state index contributed by atoms with van der Waals surface area (Å²) in [5, 5.41) is 9.25. The Hall–Kier alpha value is -1.10. The van der Waals surface area contributed by atoms with Gasteiger partial charge in [-0.05, 0) is 45.1 Å². The largest absolute Gasteiger partial charge is 0.494 e. The second-order valence-electron chi connectivity index (χ2n) is 4.71. The van der Waals surface area contributed by atoms with Gasteiger partial charge in [0.05, 0.1) is 19.3 Å². The third kappa shape index (κ3) is 3.45. The van der Waals surface area contributed by atoms with Crippen molar-refractivity contribution in [1.82, 2.24) is 4.90 Å². The summed E-state index contributed by atoms with van der Waals surface area (Å²) in [5.41, 5.74) is 8.16. The van der Waals surface area contributed by atoms with Crippen molar-refractivity contribution in [2.24, 2.45) is 5.73 Å². The number of rotatable bonds is 6. The van der Waals surface area contributed by atoms with Crippen molar-refractivity contribution in [3.05, 3.63) is 29.3 Å². The molecule has 0 fully saturated rings. The lowest BCUT2D eigenvalue weighted by Crippen LogP contribution is -2.39. The molecule has 0 aromatic heterocycles. The number of aliphatic hydroxyl groups is 1. The molecule has 18 heavy (non-hydrogen) atoms. The lowest BCUT2D eigenvalue weighted by molar-refractivity contribution is 0.181. The molecule has 0 aliphatic rings. The highest BCUT2D eigenvalue weighted by molar-refractivity contribution is 5.38. The second-order valence-corrected chi connectivity index (χ2v) is 4.71. The monoisotopic (exact) mass is 252 g/mol. The fraction of sp³-hybridized carbons (Fsp3) is 0.571. The van der Waals surface area contributed by atoms with Crippen LogP contribution < -0.4 is 10.5 Å². The summed E-state index contributed by atoms with van der Waals surface area (Å²) in [4.78, 5) is 2.02. The van der Waals surface area contributed by atoms with Crippen molar-refractivity contribution in [3.63, 3.8) is 0 Å². The van der Waals surface area contributed by atoms with Crippen molar-refractivity contribution in [3.8, 4) is 5.75 Å². The highest BCUT2D eigenvalue weighted by atomic mass is 16.5. The maximum atomic E-state index is 9.25. The normalized spacial score (nSPS) is 14.6. The standard InChI is InChI=1S/C14H24N2O2/c1-5-18-13-7-6-11(8-10(13)2)14(16(3)4)12(15)9-17/h6-8,12,14,17H,5,9,15H2,1-4H3. The molecule has 0 radical (unpaired) electrons. The van der Waals surface area contributed by atoms with Crippen LogP contribution in [-0.4, -0.2) is 43.4 Å². The average Bonchev–Trinajstić information content (AvgIpc) is 2.32. The third-order valence-corrected chi connectivity index (χ3v) is 3.01. The second kappa shape index (κ2) is 6.73. The average molecular weight is 252 g/mol. The highest BCUT2D eigenvalue weighted by Crippen LogP contribution is 2.26. The van der Waals surface area contributed by atoms with Crippen molar-refractivity contribution in [1.29, 1.82) is 0 Å². The number of ether oxygens (including phenoxy) is 1. The molecule has 1 aromatic rings. The van der Waals surface area contributed by atoms with Crippen LogP contribution in [0.2, 0.25) is 0 Å². The van der Waals surface area contributed by atoms with Crippen LogP contribution in [0.15, 0.2) is 18.2 Å². The minimum Gasteiger partial charge on any atom is -0.494 e. The molecule has 0 saturated carbocycles. The Labute approximate surface area is 109 Å². The molecule has 0 saturated heterocycles. The predicted octanol–water partition coefficient (Wildman–Crippen LogP) is 1.32. The Morgan fingerprint density at radius 1 is 1.39 bits per heavy atom. The summed E-state index contributed by atoms with van der Waals surface area (Å²) >= 11 is 0. The van der Waals surface area contributed by atoms with E-state index in [0.717, 1.165) is 16.9 Å². The third-order valence-electron chi connectivity index (χ3n) is 3.01. The maximum Gasteiger partial charge on any atom is 0.122 e. The van der Waals surface area contributed by atoms with Gasteiger partial charge in [0.25, 0.3) is 0 Å². The Balaban J connectivity index is 3.03. The van der Waals surface area contributed by atoms with Crippen molar-refractivity contribution in [2.75, 3.05) is 27.3 Å². The van der Waals surface area contributed by atoms with Crippen molar-refractivity contribution < 1.29 is 9.84 Å². The van der Waals surface area contributed by atoms with Crippen LogP contribution in [0.4, 0.5) is 0 Å². The van der Waals surface area contributed by atoms with Crippen molar-refractivity contribution >= 4 is 0 Å². The van der Waals surface area contributed by atoms with E-state index in [1.807, 2.05) is 45.0 Å². The van der Waals surface area contributed by atoms with Crippen LogP contribution in [0, 0.1) is 6.92 Å². The smallest absolute Gasteiger partial charge is 0.122 e. The van der Waals surface area contributed by atoms with Crippen LogP contribution in [0.5, 0.6) is 5.75 Å². The minimum absolute atomic E-state index is 0.00405. The number of likely N-dealkylation sites (N-methyl/N-ethyl adjacent to an activating group) is 1. The Morgan fingerprint density at radius 2 is 2.06 bits per heavy atom. The Bertz CT molecular complexity index is 380. The zero-order valence-corrected chi connectivity index (χ0v) is 11.7. The first-order chi connectivity index (χ1) is 8.51. The highest BCUT2D eigenvalue weighted by Gasteiger charge is 2.21. The molecule has 0 spiro atoms. The van der Waals surface area contributed by atoms with Gasteiger partial charge >= 0.3 is 0 Å². The van der Waals surface area contributed by atoms with Gasteiger partial charge in [-0.3, -0.25) is 0 Å². The molecule has 3 N–H and O–H groups in total. The van der Waals surface area contributed by atoms with Gasteiger partial charge in [-0.25, -0.2) is 0 Å². The van der Waals surface area contributed by atoms with Gasteiger partial charge in [0.15, 0.2) is 0 Å². The number of hydrogen-bond acceptors (Lipinski definition) is 4. The van der Waals surface area contributed by atoms with Crippen LogP contribution in [0.25, 0.3) is 0 Å². The SMILES string of the molecule is CCOc1ccc(C(C(N)CO)N(C)C)cc1C. The molecule has 0 heterocycles. The molecule has 2 atom stereocenters. The number of aryl methyl sites for hydroxylation is 1. The van der Waals surface area contributed by atoms with E-state index >= 15 is 0 Å². The summed E-state index contributed by atoms with van der Waals surface area (Å²) in [6.45, 7) is 4.62. The minimum atomic E-state index is -0.294. The zero-order valence-electron chi connectivity index (χ0n) is 11.7. The number of benzene rings is 1. The van der Waals surface area contributed by atoms with Gasteiger partial charge in [-0.1, -0.05) is 12.1 Å². The summed E-state index contributed by atoms with van der Waals surface area (Å²) in [6.07, 6.45) is 0. The van der Waals surface area contributed by atoms with Gasteiger partial charge in [-0.2, -0.15) is 0 Å². The molecule has 0 aliphatic heterocycles. The summed E-state index contributed by atoms with van der Waals surface area (Å²) < 4.78 is 5.52. The Morgan fingerprint density at radius 3 is 2.50 bits per heavy atom. The molecule has 4 heteroatoms. The van der Waals surface area contributed by atoms with E-state index in [4.69, 9.17) is 10.5 Å². The fourth-order valence-corrected chi connectivity index (χ4v) is 2.20. The van der Waals surface area contributed by atoms with Crippen molar-refractivity contribution in [2.45, 2.75) is 25.9 Å². The summed E-state index contributed by atoms with van der Waals surface area (Å²) in [7, 11) is 3.93. The number of nitrogens with zero attached hydrogens (tertiary/aromatic N) is 1. The molecule has 0 amide bonds. The zero-order chi connectivity index (χ0) is 13.7. The molecular weight excluding hydrogens is 228 g/mol.